The Labute approximate surface area is 100 Å². The zero-order valence-electron chi connectivity index (χ0n) is 9.76. The van der Waals surface area contributed by atoms with E-state index in [2.05, 4.69) is 17.0 Å². The van der Waals surface area contributed by atoms with Crippen molar-refractivity contribution >= 4 is 12.2 Å². The first-order chi connectivity index (χ1) is 7.63. The summed E-state index contributed by atoms with van der Waals surface area (Å²) in [5.41, 5.74) is 0. The van der Waals surface area contributed by atoms with Crippen molar-refractivity contribution in [1.82, 2.24) is 19.2 Å². The Bertz CT molecular complexity index is 421. The molecule has 6 heteroatoms. The van der Waals surface area contributed by atoms with Gasteiger partial charge in [0.1, 0.15) is 6.61 Å². The van der Waals surface area contributed by atoms with Crippen LogP contribution in [0.2, 0.25) is 0 Å². The third-order valence-corrected chi connectivity index (χ3v) is 3.81. The van der Waals surface area contributed by atoms with Crippen LogP contribution < -0.4 is 0 Å². The van der Waals surface area contributed by atoms with Gasteiger partial charge in [-0.05, 0) is 32.1 Å². The maximum Gasteiger partial charge on any atom is 0.198 e. The van der Waals surface area contributed by atoms with Gasteiger partial charge in [0.25, 0.3) is 0 Å². The molecular weight excluding hydrogens is 224 g/mol. The number of hydrogen-bond acceptors (Lipinski definition) is 4. The number of hydrogen-bond donors (Lipinski definition) is 1. The minimum atomic E-state index is -0.0692. The standard InChI is InChI=1S/C10H18N4OS/c1-12(8-4-3-5-8)7-14-10(16)13(2)9(6-15)11-14/h8,15H,3-7H2,1-2H3. The lowest BCUT2D eigenvalue weighted by Gasteiger charge is -2.34. The summed E-state index contributed by atoms with van der Waals surface area (Å²) in [5.74, 6) is 0.618. The van der Waals surface area contributed by atoms with Crippen LogP contribution >= 0.6 is 12.2 Å². The van der Waals surface area contributed by atoms with E-state index >= 15 is 0 Å². The average molecular weight is 242 g/mol. The Morgan fingerprint density at radius 2 is 2.25 bits per heavy atom. The van der Waals surface area contributed by atoms with Crippen molar-refractivity contribution in [3.05, 3.63) is 10.6 Å². The molecule has 0 aromatic carbocycles. The van der Waals surface area contributed by atoms with Crippen molar-refractivity contribution in [2.75, 3.05) is 7.05 Å². The molecule has 0 aliphatic heterocycles. The lowest BCUT2D eigenvalue weighted by molar-refractivity contribution is 0.117. The monoisotopic (exact) mass is 242 g/mol. The van der Waals surface area contributed by atoms with E-state index in [9.17, 15) is 0 Å². The molecule has 90 valence electrons. The Hall–Kier alpha value is -0.720. The van der Waals surface area contributed by atoms with Crippen LogP contribution in [-0.4, -0.2) is 37.4 Å². The fourth-order valence-corrected chi connectivity index (χ4v) is 2.12. The summed E-state index contributed by atoms with van der Waals surface area (Å²) in [5, 5.41) is 13.4. The third kappa shape index (κ3) is 2.05. The summed E-state index contributed by atoms with van der Waals surface area (Å²) >= 11 is 5.27. The highest BCUT2D eigenvalue weighted by Gasteiger charge is 2.22. The van der Waals surface area contributed by atoms with Crippen LogP contribution in [0.15, 0.2) is 0 Å². The van der Waals surface area contributed by atoms with Crippen LogP contribution in [0, 0.1) is 4.77 Å². The molecule has 5 nitrogen and oxygen atoms in total. The number of rotatable bonds is 4. The molecule has 1 N–H and O–H groups in total. The maximum absolute atomic E-state index is 9.10. The summed E-state index contributed by atoms with van der Waals surface area (Å²) in [6.07, 6.45) is 3.86. The van der Waals surface area contributed by atoms with E-state index in [0.29, 0.717) is 23.3 Å². The molecule has 0 unspecified atom stereocenters. The SMILES string of the molecule is CN(Cn1nc(CO)n(C)c1=S)C1CCC1. The van der Waals surface area contributed by atoms with E-state index < -0.39 is 0 Å². The van der Waals surface area contributed by atoms with Gasteiger partial charge in [0.2, 0.25) is 0 Å². The van der Waals surface area contributed by atoms with E-state index in [1.165, 1.54) is 19.3 Å². The lowest BCUT2D eigenvalue weighted by atomic mass is 9.92. The third-order valence-electron chi connectivity index (χ3n) is 3.33. The van der Waals surface area contributed by atoms with E-state index in [1.807, 2.05) is 7.05 Å². The molecule has 2 rings (SSSR count). The van der Waals surface area contributed by atoms with Gasteiger partial charge in [-0.25, -0.2) is 4.68 Å². The van der Waals surface area contributed by atoms with Crippen molar-refractivity contribution in [2.24, 2.45) is 7.05 Å². The Morgan fingerprint density at radius 3 is 2.69 bits per heavy atom. The van der Waals surface area contributed by atoms with Gasteiger partial charge in [-0.2, -0.15) is 5.10 Å². The Balaban J connectivity index is 2.11. The molecule has 1 aliphatic rings. The molecule has 1 aliphatic carbocycles. The van der Waals surface area contributed by atoms with Crippen LogP contribution in [0.3, 0.4) is 0 Å². The summed E-state index contributed by atoms with van der Waals surface area (Å²) < 4.78 is 4.19. The van der Waals surface area contributed by atoms with Gasteiger partial charge in [0.05, 0.1) is 6.67 Å². The Kier molecular flexibility index (Phi) is 3.41. The van der Waals surface area contributed by atoms with Gasteiger partial charge in [-0.3, -0.25) is 4.90 Å². The first kappa shape index (κ1) is 11.8. The highest BCUT2D eigenvalue weighted by molar-refractivity contribution is 7.71. The minimum absolute atomic E-state index is 0.0692. The number of aliphatic hydroxyl groups excluding tert-OH is 1. The van der Waals surface area contributed by atoms with Gasteiger partial charge >= 0.3 is 0 Å². The molecule has 0 amide bonds. The second-order valence-electron chi connectivity index (χ2n) is 4.40. The zero-order chi connectivity index (χ0) is 11.7. The van der Waals surface area contributed by atoms with Gasteiger partial charge in [0.15, 0.2) is 10.6 Å². The van der Waals surface area contributed by atoms with Gasteiger partial charge in [0, 0.05) is 13.1 Å². The molecular formula is C10H18N4OS. The molecule has 0 bridgehead atoms. The summed E-state index contributed by atoms with van der Waals surface area (Å²) in [6.45, 7) is 0.637. The number of aliphatic hydroxyl groups is 1. The number of aromatic nitrogens is 3. The van der Waals surface area contributed by atoms with Crippen LogP contribution in [0.4, 0.5) is 0 Å². The van der Waals surface area contributed by atoms with Crippen molar-refractivity contribution in [3.63, 3.8) is 0 Å². The maximum atomic E-state index is 9.10. The van der Waals surface area contributed by atoms with Gasteiger partial charge in [-0.1, -0.05) is 6.42 Å². The molecule has 0 radical (unpaired) electrons. The van der Waals surface area contributed by atoms with E-state index in [4.69, 9.17) is 17.3 Å². The van der Waals surface area contributed by atoms with Crippen molar-refractivity contribution in [1.29, 1.82) is 0 Å². The Morgan fingerprint density at radius 1 is 1.56 bits per heavy atom. The second kappa shape index (κ2) is 4.65. The molecule has 1 aromatic rings. The number of nitrogens with zero attached hydrogens (tertiary/aromatic N) is 4. The molecule has 1 heterocycles. The molecule has 0 saturated heterocycles. The summed E-state index contributed by atoms with van der Waals surface area (Å²) in [4.78, 5) is 2.27. The van der Waals surface area contributed by atoms with Gasteiger partial charge in [-0.15, -0.1) is 0 Å². The van der Waals surface area contributed by atoms with Crippen molar-refractivity contribution in [3.8, 4) is 0 Å². The van der Waals surface area contributed by atoms with Crippen LogP contribution in [0.5, 0.6) is 0 Å². The van der Waals surface area contributed by atoms with Crippen LogP contribution in [-0.2, 0) is 20.3 Å². The predicted molar refractivity (Wildman–Crippen MR) is 63.4 cm³/mol. The predicted octanol–water partition coefficient (Wildman–Crippen LogP) is 0.885. The van der Waals surface area contributed by atoms with Crippen molar-refractivity contribution < 1.29 is 5.11 Å². The van der Waals surface area contributed by atoms with Gasteiger partial charge < -0.3 is 9.67 Å². The second-order valence-corrected chi connectivity index (χ2v) is 4.76. The molecule has 0 atom stereocenters. The smallest absolute Gasteiger partial charge is 0.198 e. The molecule has 1 saturated carbocycles. The largest absolute Gasteiger partial charge is 0.388 e. The summed E-state index contributed by atoms with van der Waals surface area (Å²) in [7, 11) is 3.93. The minimum Gasteiger partial charge on any atom is -0.388 e. The van der Waals surface area contributed by atoms with Crippen molar-refractivity contribution in [2.45, 2.75) is 38.6 Å². The molecule has 1 fully saturated rings. The lowest BCUT2D eigenvalue weighted by Crippen LogP contribution is -2.38. The first-order valence-electron chi connectivity index (χ1n) is 5.57. The van der Waals surface area contributed by atoms with E-state index in [-0.39, 0.29) is 6.61 Å². The fraction of sp³-hybridized carbons (Fsp3) is 0.800. The van der Waals surface area contributed by atoms with E-state index in [0.717, 1.165) is 0 Å². The van der Waals surface area contributed by atoms with Crippen LogP contribution in [0.25, 0.3) is 0 Å². The zero-order valence-corrected chi connectivity index (χ0v) is 10.6. The molecule has 1 aromatic heterocycles. The highest BCUT2D eigenvalue weighted by atomic mass is 32.1. The van der Waals surface area contributed by atoms with Crippen LogP contribution in [0.1, 0.15) is 25.1 Å². The highest BCUT2D eigenvalue weighted by Crippen LogP contribution is 2.23. The fourth-order valence-electron chi connectivity index (χ4n) is 1.92. The average Bonchev–Trinajstić information content (AvgIpc) is 2.43. The quantitative estimate of drug-likeness (QED) is 0.796. The topological polar surface area (TPSA) is 46.2 Å². The molecule has 0 spiro atoms. The molecule has 16 heavy (non-hydrogen) atoms. The van der Waals surface area contributed by atoms with E-state index in [1.54, 1.807) is 9.25 Å². The summed E-state index contributed by atoms with van der Waals surface area (Å²) in [6, 6.07) is 0.668. The normalized spacial score (nSPS) is 16.8. The first-order valence-corrected chi connectivity index (χ1v) is 5.98.